The van der Waals surface area contributed by atoms with E-state index in [0.717, 1.165) is 13.2 Å². The molecule has 0 aliphatic rings. The van der Waals surface area contributed by atoms with Crippen molar-refractivity contribution in [1.82, 2.24) is 0 Å². The lowest BCUT2D eigenvalue weighted by Gasteiger charge is -2.03. The lowest BCUT2D eigenvalue weighted by Crippen LogP contribution is -2.04. The van der Waals surface area contributed by atoms with Crippen LogP contribution in [0.2, 0.25) is 18.1 Å². The molecule has 0 amide bonds. The van der Waals surface area contributed by atoms with Gasteiger partial charge in [-0.05, 0) is 13.8 Å². The SMILES string of the molecule is CCOCC.CC[SiH](CC)CC.ClCCl.FB(F)F. The highest BCUT2D eigenvalue weighted by atomic mass is 35.5. The molecule has 0 atom stereocenters. The van der Waals surface area contributed by atoms with Crippen LogP contribution in [0.25, 0.3) is 0 Å². The van der Waals surface area contributed by atoms with Gasteiger partial charge in [0.25, 0.3) is 0 Å². The summed E-state index contributed by atoms with van der Waals surface area (Å²) in [6.07, 6.45) is 0. The van der Waals surface area contributed by atoms with Crippen LogP contribution in [0.1, 0.15) is 34.6 Å². The number of alkyl halides is 2. The summed E-state index contributed by atoms with van der Waals surface area (Å²) in [4.78, 5) is 0. The summed E-state index contributed by atoms with van der Waals surface area (Å²) in [6.45, 7) is 12.6. The van der Waals surface area contributed by atoms with Crippen molar-refractivity contribution in [2.45, 2.75) is 52.8 Å². The van der Waals surface area contributed by atoms with Crippen molar-refractivity contribution in [2.24, 2.45) is 0 Å². The molecule has 0 saturated carbocycles. The normalized spacial score (nSPS) is 8.37. The van der Waals surface area contributed by atoms with Crippen LogP contribution in [0.3, 0.4) is 0 Å². The first-order chi connectivity index (χ1) is 8.91. The summed E-state index contributed by atoms with van der Waals surface area (Å²) in [5, 5.41) is 0.194. The van der Waals surface area contributed by atoms with Crippen molar-refractivity contribution in [2.75, 3.05) is 18.6 Å². The lowest BCUT2D eigenvalue weighted by atomic mass is 10.5. The second-order valence-corrected chi connectivity index (χ2v) is 8.21. The molecule has 0 N–H and O–H groups in total. The van der Waals surface area contributed by atoms with Crippen LogP contribution in [0.4, 0.5) is 12.9 Å². The van der Waals surface area contributed by atoms with Gasteiger partial charge < -0.3 is 4.74 Å². The van der Waals surface area contributed by atoms with Crippen LogP contribution in [0.5, 0.6) is 0 Å². The third-order valence-corrected chi connectivity index (χ3v) is 5.60. The maximum absolute atomic E-state index is 9.67. The molecule has 0 bridgehead atoms. The smallest absolute Gasteiger partial charge is 0.382 e. The Morgan fingerprint density at radius 3 is 1.05 bits per heavy atom. The fourth-order valence-electron chi connectivity index (χ4n) is 1.07. The Kier molecular flexibility index (Phi) is 45.7. The van der Waals surface area contributed by atoms with Gasteiger partial charge in [-0.1, -0.05) is 38.9 Å². The van der Waals surface area contributed by atoms with Gasteiger partial charge in [-0.2, -0.15) is 0 Å². The highest BCUT2D eigenvalue weighted by Crippen LogP contribution is 2.01. The molecule has 1 nitrogen and oxygen atoms in total. The van der Waals surface area contributed by atoms with Crippen LogP contribution in [0.15, 0.2) is 0 Å². The Bertz CT molecular complexity index is 116. The maximum Gasteiger partial charge on any atom is 0.762 e. The van der Waals surface area contributed by atoms with Crippen LogP contribution >= 0.6 is 23.2 Å². The van der Waals surface area contributed by atoms with Crippen molar-refractivity contribution in [3.8, 4) is 0 Å². The molecule has 8 heteroatoms. The number of halogens is 5. The first-order valence-electron chi connectivity index (χ1n) is 6.53. The standard InChI is InChI=1S/C6H16Si.C4H10O.CH2Cl2.BF3/c1-4-7(5-2)6-3;1-3-5-4-2;2-1-3;2-1(3)4/h7H,4-6H2,1-3H3;3-4H2,1-2H3;1H2;. The minimum atomic E-state index is -3.67. The minimum absolute atomic E-state index is 0.171. The molecule has 0 radical (unpaired) electrons. The quantitative estimate of drug-likeness (QED) is 0.465. The van der Waals surface area contributed by atoms with Crippen molar-refractivity contribution < 1.29 is 17.7 Å². The first-order valence-corrected chi connectivity index (χ1v) is 10.0. The van der Waals surface area contributed by atoms with E-state index in [2.05, 4.69) is 20.8 Å². The van der Waals surface area contributed by atoms with Gasteiger partial charge in [-0.15, -0.1) is 23.2 Å². The Labute approximate surface area is 129 Å². The van der Waals surface area contributed by atoms with Gasteiger partial charge >= 0.3 is 7.54 Å². The Hall–Kier alpha value is 0.612. The molecular formula is C11H28BCl2F3OSi. The molecule has 0 aliphatic carbocycles. The van der Waals surface area contributed by atoms with Gasteiger partial charge in [-0.25, -0.2) is 0 Å². The minimum Gasteiger partial charge on any atom is -0.382 e. The monoisotopic (exact) mass is 342 g/mol. The molecule has 0 spiro atoms. The maximum atomic E-state index is 9.67. The molecule has 0 rings (SSSR count). The summed E-state index contributed by atoms with van der Waals surface area (Å²) in [6, 6.07) is 4.48. The number of ether oxygens (including phenoxy) is 1. The largest absolute Gasteiger partial charge is 0.762 e. The number of hydrogen-bond donors (Lipinski definition) is 0. The summed E-state index contributed by atoms with van der Waals surface area (Å²) in [5.74, 6) is 0. The summed E-state index contributed by atoms with van der Waals surface area (Å²) < 4.78 is 33.8. The highest BCUT2D eigenvalue weighted by Gasteiger charge is 2.06. The molecule has 0 aliphatic heterocycles. The molecule has 120 valence electrons. The zero-order chi connectivity index (χ0) is 16.1. The third-order valence-electron chi connectivity index (χ3n) is 2.14. The molecule has 0 unspecified atom stereocenters. The van der Waals surface area contributed by atoms with E-state index in [-0.39, 0.29) is 14.1 Å². The van der Waals surface area contributed by atoms with Gasteiger partial charge in [0.1, 0.15) is 0 Å². The first kappa shape index (κ1) is 27.9. The third kappa shape index (κ3) is 69.3. The average molecular weight is 343 g/mol. The van der Waals surface area contributed by atoms with E-state index in [1.165, 1.54) is 18.1 Å². The van der Waals surface area contributed by atoms with Crippen LogP contribution < -0.4 is 0 Å². The lowest BCUT2D eigenvalue weighted by molar-refractivity contribution is 0.162. The Balaban J connectivity index is -0.0000000833. The van der Waals surface area contributed by atoms with E-state index >= 15 is 0 Å². The zero-order valence-corrected chi connectivity index (χ0v) is 15.4. The van der Waals surface area contributed by atoms with Gasteiger partial charge in [0.05, 0.1) is 5.34 Å². The van der Waals surface area contributed by atoms with E-state index in [4.69, 9.17) is 27.9 Å². The second-order valence-electron chi connectivity index (χ2n) is 3.22. The van der Waals surface area contributed by atoms with E-state index in [0.29, 0.717) is 0 Å². The number of hydrogen-bond acceptors (Lipinski definition) is 1. The van der Waals surface area contributed by atoms with Crippen LogP contribution in [-0.4, -0.2) is 34.9 Å². The van der Waals surface area contributed by atoms with Crippen molar-refractivity contribution in [3.63, 3.8) is 0 Å². The Morgan fingerprint density at radius 1 is 0.842 bits per heavy atom. The predicted molar refractivity (Wildman–Crippen MR) is 86.4 cm³/mol. The van der Waals surface area contributed by atoms with Gasteiger partial charge in [0, 0.05) is 22.0 Å². The molecule has 0 aromatic carbocycles. The van der Waals surface area contributed by atoms with E-state index in [9.17, 15) is 12.9 Å². The molecule has 0 heterocycles. The van der Waals surface area contributed by atoms with Crippen molar-refractivity contribution >= 4 is 39.5 Å². The van der Waals surface area contributed by atoms with E-state index in [1.807, 2.05) is 13.8 Å². The van der Waals surface area contributed by atoms with Crippen molar-refractivity contribution in [3.05, 3.63) is 0 Å². The summed E-state index contributed by atoms with van der Waals surface area (Å²) in [5.41, 5.74) is 0. The van der Waals surface area contributed by atoms with Gasteiger partial charge in [-0.3, -0.25) is 12.9 Å². The highest BCUT2D eigenvalue weighted by molar-refractivity contribution is 6.58. The molecular weight excluding hydrogens is 315 g/mol. The zero-order valence-electron chi connectivity index (χ0n) is 12.7. The number of rotatable bonds is 5. The van der Waals surface area contributed by atoms with Crippen molar-refractivity contribution in [1.29, 1.82) is 0 Å². The summed E-state index contributed by atoms with van der Waals surface area (Å²) in [7, 11) is -3.84. The van der Waals surface area contributed by atoms with E-state index < -0.39 is 7.54 Å². The van der Waals surface area contributed by atoms with Crippen LogP contribution in [-0.2, 0) is 4.74 Å². The second kappa shape index (κ2) is 31.2. The molecule has 0 fully saturated rings. The predicted octanol–water partition coefficient (Wildman–Crippen LogP) is 5.62. The summed E-state index contributed by atoms with van der Waals surface area (Å²) >= 11 is 9.53. The molecule has 19 heavy (non-hydrogen) atoms. The molecule has 0 aromatic heterocycles. The molecule has 0 aromatic rings. The van der Waals surface area contributed by atoms with E-state index in [1.54, 1.807) is 0 Å². The topological polar surface area (TPSA) is 9.23 Å². The van der Waals surface area contributed by atoms with Gasteiger partial charge in [0.15, 0.2) is 0 Å². The molecule has 0 saturated heterocycles. The van der Waals surface area contributed by atoms with Crippen LogP contribution in [0, 0.1) is 0 Å². The average Bonchev–Trinajstić information content (AvgIpc) is 2.33. The fraction of sp³-hybridized carbons (Fsp3) is 1.00. The fourth-order valence-corrected chi connectivity index (χ4v) is 2.80. The Morgan fingerprint density at radius 2 is 1.05 bits per heavy atom. The van der Waals surface area contributed by atoms with Gasteiger partial charge in [0.2, 0.25) is 0 Å².